The maximum atomic E-state index is 13.2. The van der Waals surface area contributed by atoms with E-state index in [2.05, 4.69) is 29.9 Å². The summed E-state index contributed by atoms with van der Waals surface area (Å²) in [6.07, 6.45) is 7.32. The summed E-state index contributed by atoms with van der Waals surface area (Å²) in [6.45, 7) is 3.48. The molecule has 46 heavy (non-hydrogen) atoms. The number of rotatable bonds is 4. The second-order valence-corrected chi connectivity index (χ2v) is 11.4. The van der Waals surface area contributed by atoms with Crippen molar-refractivity contribution in [1.29, 1.82) is 0 Å². The lowest BCUT2D eigenvalue weighted by molar-refractivity contribution is 0.399. The second kappa shape index (κ2) is 16.8. The van der Waals surface area contributed by atoms with E-state index < -0.39 is 7.12 Å². The molecule has 0 unspecified atom stereocenters. The van der Waals surface area contributed by atoms with Crippen LogP contribution in [-0.2, 0) is 14.1 Å². The van der Waals surface area contributed by atoms with E-state index in [0.717, 1.165) is 50.6 Å². The molecule has 4 aromatic heterocycles. The van der Waals surface area contributed by atoms with Gasteiger partial charge in [0.25, 0.3) is 0 Å². The molecular formula is C29H32BClF2N8O3S2. The van der Waals surface area contributed by atoms with E-state index in [0.29, 0.717) is 16.9 Å². The van der Waals surface area contributed by atoms with E-state index in [9.17, 15) is 8.78 Å². The standard InChI is InChI=1S/C14H13FN4S.C7H8BFO2.C7H7ClN4S.CH4O/c1-8-6-9(15)4-5-10(8)12-17-13-11(14(18-12)20-3)16-7-19(13)2;1-5-4-6(9)2-3-7(5)8(10)11;1-12-3-9-4-5(12)10-7(8)11-6(4)13-2;1-2/h4-7H,1-3H3;2-4,10-11H,1H3;3H,1-2H3;2H,1H3. The number of fused-ring (bicyclic) bond motifs is 2. The Hall–Kier alpha value is -3.67. The highest BCUT2D eigenvalue weighted by Crippen LogP contribution is 2.28. The lowest BCUT2D eigenvalue weighted by atomic mass is 9.77. The van der Waals surface area contributed by atoms with Crippen molar-refractivity contribution < 1.29 is 23.9 Å². The van der Waals surface area contributed by atoms with Crippen molar-refractivity contribution in [2.75, 3.05) is 19.6 Å². The maximum absolute atomic E-state index is 13.2. The van der Waals surface area contributed by atoms with Crippen molar-refractivity contribution in [2.45, 2.75) is 23.9 Å². The molecule has 0 radical (unpaired) electrons. The molecule has 242 valence electrons. The van der Waals surface area contributed by atoms with Crippen molar-refractivity contribution in [3.8, 4) is 11.4 Å². The summed E-state index contributed by atoms with van der Waals surface area (Å²) < 4.78 is 29.3. The number of thioether (sulfide) groups is 2. The molecule has 4 heterocycles. The minimum absolute atomic E-state index is 0.252. The number of imidazole rings is 2. The number of aromatic nitrogens is 8. The van der Waals surface area contributed by atoms with E-state index in [-0.39, 0.29) is 16.9 Å². The monoisotopic (exact) mass is 688 g/mol. The van der Waals surface area contributed by atoms with Crippen molar-refractivity contribution in [1.82, 2.24) is 39.0 Å². The van der Waals surface area contributed by atoms with Gasteiger partial charge in [-0.15, -0.1) is 23.5 Å². The molecule has 0 aliphatic heterocycles. The van der Waals surface area contributed by atoms with Crippen LogP contribution >= 0.6 is 35.1 Å². The van der Waals surface area contributed by atoms with E-state index >= 15 is 0 Å². The van der Waals surface area contributed by atoms with Crippen molar-refractivity contribution in [3.05, 3.63) is 77.1 Å². The van der Waals surface area contributed by atoms with Gasteiger partial charge in [0, 0.05) is 26.8 Å². The van der Waals surface area contributed by atoms with Gasteiger partial charge >= 0.3 is 7.12 Å². The molecule has 6 aromatic rings. The zero-order valence-corrected chi connectivity index (χ0v) is 28.5. The molecule has 17 heteroatoms. The number of aryl methyl sites for hydroxylation is 4. The average Bonchev–Trinajstić information content (AvgIpc) is 3.59. The lowest BCUT2D eigenvalue weighted by Crippen LogP contribution is -2.31. The van der Waals surface area contributed by atoms with Gasteiger partial charge in [-0.05, 0) is 84.9 Å². The summed E-state index contributed by atoms with van der Waals surface area (Å²) in [7, 11) is 3.26. The van der Waals surface area contributed by atoms with E-state index in [1.165, 1.54) is 53.9 Å². The molecule has 0 saturated heterocycles. The third-order valence-electron chi connectivity index (χ3n) is 6.35. The van der Waals surface area contributed by atoms with Gasteiger partial charge in [-0.3, -0.25) is 0 Å². The Kier molecular flexibility index (Phi) is 13.4. The van der Waals surface area contributed by atoms with Crippen LogP contribution in [0.1, 0.15) is 11.1 Å². The normalized spacial score (nSPS) is 10.5. The Balaban J connectivity index is 0.000000193. The fourth-order valence-electron chi connectivity index (χ4n) is 4.15. The fraction of sp³-hybridized carbons (Fsp3) is 0.241. The molecule has 0 spiro atoms. The summed E-state index contributed by atoms with van der Waals surface area (Å²) in [4.78, 5) is 25.8. The van der Waals surface area contributed by atoms with Crippen LogP contribution < -0.4 is 5.46 Å². The molecule has 2 aromatic carbocycles. The highest BCUT2D eigenvalue weighted by Gasteiger charge is 2.15. The number of aliphatic hydroxyl groups excluding tert-OH is 1. The Morgan fingerprint density at radius 3 is 1.74 bits per heavy atom. The minimum Gasteiger partial charge on any atom is -0.423 e. The number of hydrogen-bond acceptors (Lipinski definition) is 11. The predicted octanol–water partition coefficient (Wildman–Crippen LogP) is 4.36. The van der Waals surface area contributed by atoms with E-state index in [1.54, 1.807) is 25.6 Å². The van der Waals surface area contributed by atoms with Crippen LogP contribution in [0.2, 0.25) is 5.28 Å². The van der Waals surface area contributed by atoms with Gasteiger partial charge in [-0.2, -0.15) is 4.98 Å². The van der Waals surface area contributed by atoms with Crippen LogP contribution in [0.15, 0.2) is 59.1 Å². The van der Waals surface area contributed by atoms with Gasteiger partial charge in [0.2, 0.25) is 5.28 Å². The van der Waals surface area contributed by atoms with Crippen LogP contribution in [0.5, 0.6) is 0 Å². The first-order valence-electron chi connectivity index (χ1n) is 13.4. The number of benzene rings is 2. The third-order valence-corrected chi connectivity index (χ3v) is 7.87. The number of nitrogens with zero attached hydrogens (tertiary/aromatic N) is 8. The van der Waals surface area contributed by atoms with Crippen LogP contribution in [0, 0.1) is 25.5 Å². The summed E-state index contributed by atoms with van der Waals surface area (Å²) in [5.41, 5.74) is 5.69. The number of hydrogen-bond donors (Lipinski definition) is 3. The maximum Gasteiger partial charge on any atom is 0.488 e. The van der Waals surface area contributed by atoms with Gasteiger partial charge in [0.1, 0.15) is 32.7 Å². The van der Waals surface area contributed by atoms with Crippen LogP contribution in [0.25, 0.3) is 33.7 Å². The van der Waals surface area contributed by atoms with Crippen LogP contribution in [0.3, 0.4) is 0 Å². The van der Waals surface area contributed by atoms with Gasteiger partial charge in [-0.1, -0.05) is 6.07 Å². The Labute approximate surface area is 278 Å². The zero-order chi connectivity index (χ0) is 34.1. The summed E-state index contributed by atoms with van der Waals surface area (Å²) in [6, 6.07) is 8.45. The van der Waals surface area contributed by atoms with Crippen molar-refractivity contribution in [2.24, 2.45) is 14.1 Å². The summed E-state index contributed by atoms with van der Waals surface area (Å²) in [5, 5.41) is 26.4. The lowest BCUT2D eigenvalue weighted by Gasteiger charge is -2.07. The molecular weight excluding hydrogens is 657 g/mol. The van der Waals surface area contributed by atoms with Gasteiger partial charge in [0.15, 0.2) is 17.1 Å². The third kappa shape index (κ3) is 8.77. The molecule has 0 aliphatic rings. The second-order valence-electron chi connectivity index (χ2n) is 9.45. The highest BCUT2D eigenvalue weighted by molar-refractivity contribution is 7.99. The molecule has 0 saturated carbocycles. The molecule has 3 N–H and O–H groups in total. The first-order chi connectivity index (χ1) is 21.9. The van der Waals surface area contributed by atoms with Crippen LogP contribution in [-0.4, -0.2) is 80.9 Å². The molecule has 0 bridgehead atoms. The minimum atomic E-state index is -1.52. The van der Waals surface area contributed by atoms with Gasteiger partial charge in [-0.25, -0.2) is 33.7 Å². The highest BCUT2D eigenvalue weighted by atomic mass is 35.5. The summed E-state index contributed by atoms with van der Waals surface area (Å²) >= 11 is 8.80. The first kappa shape index (κ1) is 36.8. The Morgan fingerprint density at radius 2 is 1.24 bits per heavy atom. The van der Waals surface area contributed by atoms with E-state index in [1.807, 2.05) is 42.7 Å². The Bertz CT molecular complexity index is 1940. The number of halogens is 3. The van der Waals surface area contributed by atoms with Crippen molar-refractivity contribution in [3.63, 3.8) is 0 Å². The molecule has 0 atom stereocenters. The average molecular weight is 689 g/mol. The number of aliphatic hydroxyl groups is 1. The molecule has 0 fully saturated rings. The summed E-state index contributed by atoms with van der Waals surface area (Å²) in [5.74, 6) is -0.0206. The zero-order valence-electron chi connectivity index (χ0n) is 26.1. The topological polar surface area (TPSA) is 148 Å². The Morgan fingerprint density at radius 1 is 0.739 bits per heavy atom. The molecule has 6 rings (SSSR count). The molecule has 0 amide bonds. The SMILES string of the molecule is CO.CSc1nc(-c2ccc(F)cc2C)nc2c1ncn2C.CSc1nc(Cl)nc2c1ncn2C.Cc1cc(F)ccc1B(O)O. The molecule has 0 aliphatic carbocycles. The van der Waals surface area contributed by atoms with Crippen LogP contribution in [0.4, 0.5) is 8.78 Å². The first-order valence-corrected chi connectivity index (χ1v) is 16.2. The van der Waals surface area contributed by atoms with E-state index in [4.69, 9.17) is 26.8 Å². The van der Waals surface area contributed by atoms with Gasteiger partial charge in [0.05, 0.1) is 12.7 Å². The fourth-order valence-corrected chi connectivity index (χ4v) is 5.39. The predicted molar refractivity (Wildman–Crippen MR) is 180 cm³/mol. The quantitative estimate of drug-likeness (QED) is 0.105. The smallest absolute Gasteiger partial charge is 0.423 e. The van der Waals surface area contributed by atoms with Gasteiger partial charge < -0.3 is 24.3 Å². The van der Waals surface area contributed by atoms with Crippen molar-refractivity contribution >= 4 is 70.0 Å². The molecule has 11 nitrogen and oxygen atoms in total. The largest absolute Gasteiger partial charge is 0.488 e.